The Balaban J connectivity index is 1.80. The highest BCUT2D eigenvalue weighted by Gasteiger charge is 2.12. The summed E-state index contributed by atoms with van der Waals surface area (Å²) in [6.45, 7) is 3.98. The van der Waals surface area contributed by atoms with Crippen LogP contribution in [0.15, 0.2) is 87.2 Å². The standard InChI is InChI=1S/C24H20BrN3O2/c1-16-7-3-6-10-22(16)30-15-23-26-21-9-5-4-8-20(21)24(29)28(23)27-17(2)18-11-13-19(25)14-12-18/h3-14H,15H2,1-2H3. The predicted molar refractivity (Wildman–Crippen MR) is 123 cm³/mol. The van der Waals surface area contributed by atoms with Crippen molar-refractivity contribution in [3.63, 3.8) is 0 Å². The van der Waals surface area contributed by atoms with Crippen LogP contribution < -0.4 is 10.3 Å². The van der Waals surface area contributed by atoms with Crippen LogP contribution in [0.1, 0.15) is 23.9 Å². The first kappa shape index (κ1) is 20.0. The van der Waals surface area contributed by atoms with Crippen LogP contribution >= 0.6 is 15.9 Å². The van der Waals surface area contributed by atoms with Crippen molar-refractivity contribution in [2.75, 3.05) is 0 Å². The van der Waals surface area contributed by atoms with Crippen molar-refractivity contribution in [2.45, 2.75) is 20.5 Å². The van der Waals surface area contributed by atoms with Crippen LogP contribution in [0.3, 0.4) is 0 Å². The van der Waals surface area contributed by atoms with Gasteiger partial charge < -0.3 is 4.74 Å². The van der Waals surface area contributed by atoms with Crippen molar-refractivity contribution >= 4 is 32.5 Å². The molecule has 3 aromatic carbocycles. The highest BCUT2D eigenvalue weighted by Crippen LogP contribution is 2.18. The number of ether oxygens (including phenoxy) is 1. The fourth-order valence-corrected chi connectivity index (χ4v) is 3.39. The van der Waals surface area contributed by atoms with Gasteiger partial charge in [-0.15, -0.1) is 0 Å². The number of nitrogens with zero attached hydrogens (tertiary/aromatic N) is 3. The maximum Gasteiger partial charge on any atom is 0.282 e. The molecule has 6 heteroatoms. The minimum atomic E-state index is -0.222. The maximum atomic E-state index is 13.2. The number of para-hydroxylation sites is 2. The van der Waals surface area contributed by atoms with Crippen LogP contribution in [-0.4, -0.2) is 15.4 Å². The minimum Gasteiger partial charge on any atom is -0.485 e. The molecular weight excluding hydrogens is 442 g/mol. The molecule has 1 heterocycles. The number of halogens is 1. The lowest BCUT2D eigenvalue weighted by atomic mass is 10.1. The highest BCUT2D eigenvalue weighted by molar-refractivity contribution is 9.10. The lowest BCUT2D eigenvalue weighted by Crippen LogP contribution is -2.24. The van der Waals surface area contributed by atoms with Gasteiger partial charge >= 0.3 is 0 Å². The summed E-state index contributed by atoms with van der Waals surface area (Å²) in [5.74, 6) is 1.19. The molecule has 0 radical (unpaired) electrons. The van der Waals surface area contributed by atoms with E-state index in [1.54, 1.807) is 6.07 Å². The van der Waals surface area contributed by atoms with Crippen molar-refractivity contribution < 1.29 is 4.74 Å². The van der Waals surface area contributed by atoms with Gasteiger partial charge in [0.25, 0.3) is 5.56 Å². The summed E-state index contributed by atoms with van der Waals surface area (Å²) in [6.07, 6.45) is 0. The highest BCUT2D eigenvalue weighted by atomic mass is 79.9. The largest absolute Gasteiger partial charge is 0.485 e. The van der Waals surface area contributed by atoms with Crippen molar-refractivity contribution in [3.8, 4) is 5.75 Å². The Hall–Kier alpha value is -3.25. The lowest BCUT2D eigenvalue weighted by Gasteiger charge is -2.13. The van der Waals surface area contributed by atoms with E-state index in [1.165, 1.54) is 4.68 Å². The summed E-state index contributed by atoms with van der Waals surface area (Å²) >= 11 is 3.44. The summed E-state index contributed by atoms with van der Waals surface area (Å²) in [5, 5.41) is 5.12. The van der Waals surface area contributed by atoms with Crippen LogP contribution in [0, 0.1) is 6.92 Å². The van der Waals surface area contributed by atoms with Gasteiger partial charge in [0, 0.05) is 4.47 Å². The van der Waals surface area contributed by atoms with Gasteiger partial charge in [0.15, 0.2) is 5.82 Å². The van der Waals surface area contributed by atoms with Gasteiger partial charge in [-0.05, 0) is 55.3 Å². The second-order valence-corrected chi connectivity index (χ2v) is 7.82. The van der Waals surface area contributed by atoms with Crippen LogP contribution in [0.25, 0.3) is 10.9 Å². The maximum absolute atomic E-state index is 13.2. The molecule has 0 atom stereocenters. The van der Waals surface area contributed by atoms with E-state index in [-0.39, 0.29) is 12.2 Å². The average Bonchev–Trinajstić information content (AvgIpc) is 2.76. The van der Waals surface area contributed by atoms with E-state index in [1.807, 2.05) is 80.6 Å². The summed E-state index contributed by atoms with van der Waals surface area (Å²) < 4.78 is 8.30. The first-order valence-electron chi connectivity index (χ1n) is 9.53. The molecule has 1 aromatic heterocycles. The third-order valence-electron chi connectivity index (χ3n) is 4.78. The Kier molecular flexibility index (Phi) is 5.77. The lowest BCUT2D eigenvalue weighted by molar-refractivity contribution is 0.287. The first-order valence-corrected chi connectivity index (χ1v) is 10.3. The van der Waals surface area contributed by atoms with Crippen molar-refractivity contribution in [1.29, 1.82) is 0 Å². The number of rotatable bonds is 5. The SMILES string of the molecule is CC(=Nn1c(COc2ccccc2C)nc2ccccc2c1=O)c1ccc(Br)cc1. The van der Waals surface area contributed by atoms with Crippen LogP contribution in [0.5, 0.6) is 5.75 Å². The molecule has 0 N–H and O–H groups in total. The molecule has 0 amide bonds. The molecule has 0 aliphatic rings. The number of aromatic nitrogens is 2. The molecule has 5 nitrogen and oxygen atoms in total. The van der Waals surface area contributed by atoms with E-state index in [9.17, 15) is 4.79 Å². The van der Waals surface area contributed by atoms with Gasteiger partial charge in [-0.1, -0.05) is 58.4 Å². The van der Waals surface area contributed by atoms with Gasteiger partial charge in [0.2, 0.25) is 0 Å². The molecule has 0 aliphatic heterocycles. The second-order valence-electron chi connectivity index (χ2n) is 6.91. The molecule has 0 bridgehead atoms. The molecule has 0 spiro atoms. The summed E-state index contributed by atoms with van der Waals surface area (Å²) in [7, 11) is 0. The Morgan fingerprint density at radius 3 is 2.50 bits per heavy atom. The number of hydrogen-bond donors (Lipinski definition) is 0. The van der Waals surface area contributed by atoms with Crippen LogP contribution in [-0.2, 0) is 6.61 Å². The third-order valence-corrected chi connectivity index (χ3v) is 5.31. The molecule has 4 aromatic rings. The first-order chi connectivity index (χ1) is 14.5. The number of hydrogen-bond acceptors (Lipinski definition) is 4. The van der Waals surface area contributed by atoms with Gasteiger partial charge in [0.1, 0.15) is 12.4 Å². The second kappa shape index (κ2) is 8.63. The zero-order valence-electron chi connectivity index (χ0n) is 16.7. The zero-order valence-corrected chi connectivity index (χ0v) is 18.3. The Labute approximate surface area is 182 Å². The monoisotopic (exact) mass is 461 g/mol. The van der Waals surface area contributed by atoms with Crippen molar-refractivity contribution in [2.24, 2.45) is 5.10 Å². The van der Waals surface area contributed by atoms with E-state index in [4.69, 9.17) is 4.74 Å². The quantitative estimate of drug-likeness (QED) is 0.378. The summed E-state index contributed by atoms with van der Waals surface area (Å²) in [6, 6.07) is 22.8. The van der Waals surface area contributed by atoms with Gasteiger partial charge in [0.05, 0.1) is 16.6 Å². The Morgan fingerprint density at radius 1 is 1.03 bits per heavy atom. The summed E-state index contributed by atoms with van der Waals surface area (Å²) in [5.41, 5.74) is 3.05. The number of benzene rings is 3. The molecule has 4 rings (SSSR count). The number of fused-ring (bicyclic) bond motifs is 1. The minimum absolute atomic E-state index is 0.127. The van der Waals surface area contributed by atoms with Crippen LogP contribution in [0.2, 0.25) is 0 Å². The van der Waals surface area contributed by atoms with E-state index in [0.29, 0.717) is 22.4 Å². The van der Waals surface area contributed by atoms with E-state index in [0.717, 1.165) is 21.3 Å². The predicted octanol–water partition coefficient (Wildman–Crippen LogP) is 5.32. The van der Waals surface area contributed by atoms with E-state index in [2.05, 4.69) is 26.0 Å². The molecule has 30 heavy (non-hydrogen) atoms. The fraction of sp³-hybridized carbons (Fsp3) is 0.125. The van der Waals surface area contributed by atoms with E-state index >= 15 is 0 Å². The summed E-state index contributed by atoms with van der Waals surface area (Å²) in [4.78, 5) is 17.9. The Bertz CT molecular complexity index is 1290. The van der Waals surface area contributed by atoms with Crippen LogP contribution in [0.4, 0.5) is 0 Å². The van der Waals surface area contributed by atoms with Gasteiger partial charge in [-0.3, -0.25) is 4.79 Å². The smallest absolute Gasteiger partial charge is 0.282 e. The van der Waals surface area contributed by atoms with Gasteiger partial charge in [-0.2, -0.15) is 9.78 Å². The zero-order chi connectivity index (χ0) is 21.1. The van der Waals surface area contributed by atoms with Crippen molar-refractivity contribution in [1.82, 2.24) is 9.66 Å². The normalized spacial score (nSPS) is 11.6. The van der Waals surface area contributed by atoms with E-state index < -0.39 is 0 Å². The molecule has 0 unspecified atom stereocenters. The molecule has 0 aliphatic carbocycles. The molecule has 0 fully saturated rings. The van der Waals surface area contributed by atoms with Crippen molar-refractivity contribution in [3.05, 3.63) is 105 Å². The molecule has 150 valence electrons. The third kappa shape index (κ3) is 4.19. The average molecular weight is 462 g/mol. The topological polar surface area (TPSA) is 56.5 Å². The molecular formula is C24H20BrN3O2. The van der Waals surface area contributed by atoms with Gasteiger partial charge in [-0.25, -0.2) is 4.98 Å². The fourth-order valence-electron chi connectivity index (χ4n) is 3.13. The Morgan fingerprint density at radius 2 is 1.73 bits per heavy atom. The molecule has 0 saturated carbocycles. The molecule has 0 saturated heterocycles. The number of aryl methyl sites for hydroxylation is 1.